The minimum atomic E-state index is -0.421. The van der Waals surface area contributed by atoms with Gasteiger partial charge in [0.05, 0.1) is 0 Å². The molecule has 0 atom stereocenters. The monoisotopic (exact) mass is 369 g/mol. The zero-order chi connectivity index (χ0) is 16.4. The summed E-state index contributed by atoms with van der Waals surface area (Å²) in [7, 11) is 0. The predicted octanol–water partition coefficient (Wildman–Crippen LogP) is 4.92. The average Bonchev–Trinajstić information content (AvgIpc) is 2.89. The second kappa shape index (κ2) is 6.50. The zero-order valence-electron chi connectivity index (χ0n) is 12.9. The summed E-state index contributed by atoms with van der Waals surface area (Å²) >= 11 is 3.38. The van der Waals surface area contributed by atoms with Crippen molar-refractivity contribution in [1.29, 1.82) is 0 Å². The fourth-order valence-corrected chi connectivity index (χ4v) is 2.52. The third-order valence-corrected chi connectivity index (χ3v) is 4.15. The van der Waals surface area contributed by atoms with E-state index in [9.17, 15) is 4.79 Å². The van der Waals surface area contributed by atoms with Gasteiger partial charge in [0.25, 0.3) is 0 Å². The van der Waals surface area contributed by atoms with Crippen LogP contribution < -0.4 is 0 Å². The molecule has 0 aliphatic carbocycles. The highest BCUT2D eigenvalue weighted by atomic mass is 79.9. The van der Waals surface area contributed by atoms with Crippen molar-refractivity contribution in [3.63, 3.8) is 0 Å². The van der Waals surface area contributed by atoms with Gasteiger partial charge in [-0.15, -0.1) is 0 Å². The molecule has 1 heterocycles. The number of hydrogen-bond donors (Lipinski definition) is 0. The molecule has 2 aromatic carbocycles. The van der Waals surface area contributed by atoms with Crippen LogP contribution in [-0.4, -0.2) is 11.9 Å². The first kappa shape index (κ1) is 15.7. The number of ether oxygens (including phenoxy) is 1. The smallest absolute Gasteiger partial charge is 0.363 e. The largest absolute Gasteiger partial charge is 0.402 e. The van der Waals surface area contributed by atoms with Crippen LogP contribution in [0.15, 0.2) is 63.7 Å². The van der Waals surface area contributed by atoms with Gasteiger partial charge in [0.15, 0.2) is 5.70 Å². The van der Waals surface area contributed by atoms with Gasteiger partial charge >= 0.3 is 5.97 Å². The molecule has 1 aliphatic heterocycles. The number of aliphatic imine (C=N–C) groups is 1. The molecule has 2 aromatic rings. The van der Waals surface area contributed by atoms with Gasteiger partial charge in [-0.25, -0.2) is 9.79 Å². The fraction of sp³-hybridized carbons (Fsp3) is 0.158. The van der Waals surface area contributed by atoms with Crippen molar-refractivity contribution in [3.8, 4) is 0 Å². The van der Waals surface area contributed by atoms with Crippen molar-refractivity contribution in [2.24, 2.45) is 4.99 Å². The summed E-state index contributed by atoms with van der Waals surface area (Å²) in [5.41, 5.74) is 3.29. The lowest BCUT2D eigenvalue weighted by Crippen LogP contribution is -2.05. The molecular formula is C19H16BrNO2. The van der Waals surface area contributed by atoms with Crippen molar-refractivity contribution in [2.75, 3.05) is 0 Å². The van der Waals surface area contributed by atoms with Crippen LogP contribution in [0, 0.1) is 0 Å². The molecule has 0 aromatic heterocycles. The minimum absolute atomic E-state index is 0.320. The van der Waals surface area contributed by atoms with E-state index in [1.807, 2.05) is 36.4 Å². The normalized spacial score (nSPS) is 15.9. The van der Waals surface area contributed by atoms with Crippen LogP contribution >= 0.6 is 15.9 Å². The maximum atomic E-state index is 12.0. The first-order chi connectivity index (χ1) is 11.0. The number of benzene rings is 2. The lowest BCUT2D eigenvalue weighted by molar-refractivity contribution is -0.129. The Balaban J connectivity index is 1.87. The van der Waals surface area contributed by atoms with E-state index in [1.54, 1.807) is 6.08 Å². The van der Waals surface area contributed by atoms with Gasteiger partial charge in [-0.3, -0.25) is 0 Å². The second-order valence-corrected chi connectivity index (χ2v) is 6.58. The van der Waals surface area contributed by atoms with Crippen molar-refractivity contribution in [2.45, 2.75) is 19.8 Å². The van der Waals surface area contributed by atoms with Crippen molar-refractivity contribution < 1.29 is 9.53 Å². The maximum absolute atomic E-state index is 12.0. The Morgan fingerprint density at radius 3 is 2.30 bits per heavy atom. The summed E-state index contributed by atoms with van der Waals surface area (Å²) < 4.78 is 6.23. The number of rotatable bonds is 3. The molecule has 0 saturated heterocycles. The third kappa shape index (κ3) is 3.59. The Labute approximate surface area is 143 Å². The minimum Gasteiger partial charge on any atom is -0.402 e. The van der Waals surface area contributed by atoms with Crippen LogP contribution in [0.4, 0.5) is 0 Å². The van der Waals surface area contributed by atoms with E-state index < -0.39 is 5.97 Å². The van der Waals surface area contributed by atoms with E-state index in [2.05, 4.69) is 46.9 Å². The Hall–Kier alpha value is -2.20. The number of carbonyl (C=O) groups is 1. The standard InChI is InChI=1S/C19H16BrNO2/c1-12(2)14-5-3-13(4-6-14)11-17-19(22)23-18(21-17)15-7-9-16(20)10-8-15/h3-12H,1-2H3/b17-11-. The van der Waals surface area contributed by atoms with Gasteiger partial charge < -0.3 is 4.74 Å². The molecule has 0 bridgehead atoms. The zero-order valence-corrected chi connectivity index (χ0v) is 14.5. The highest BCUT2D eigenvalue weighted by Gasteiger charge is 2.23. The van der Waals surface area contributed by atoms with E-state index in [-0.39, 0.29) is 0 Å². The summed E-state index contributed by atoms with van der Waals surface area (Å²) in [6.07, 6.45) is 1.75. The molecule has 1 aliphatic rings. The van der Waals surface area contributed by atoms with Gasteiger partial charge in [-0.2, -0.15) is 0 Å². The second-order valence-electron chi connectivity index (χ2n) is 5.66. The molecule has 23 heavy (non-hydrogen) atoms. The Bertz CT molecular complexity index is 787. The van der Waals surface area contributed by atoms with Gasteiger partial charge in [0, 0.05) is 10.0 Å². The first-order valence-electron chi connectivity index (χ1n) is 7.41. The Kier molecular flexibility index (Phi) is 4.44. The molecule has 116 valence electrons. The molecule has 4 heteroatoms. The van der Waals surface area contributed by atoms with Gasteiger partial charge in [0.1, 0.15) is 0 Å². The topological polar surface area (TPSA) is 38.7 Å². The van der Waals surface area contributed by atoms with Gasteiger partial charge in [0.2, 0.25) is 5.90 Å². The molecule has 0 amide bonds. The van der Waals surface area contributed by atoms with E-state index >= 15 is 0 Å². The number of cyclic esters (lactones) is 1. The molecule has 3 nitrogen and oxygen atoms in total. The molecule has 0 radical (unpaired) electrons. The van der Waals surface area contributed by atoms with E-state index in [1.165, 1.54) is 5.56 Å². The SMILES string of the molecule is CC(C)c1ccc(/C=C2\N=C(c3ccc(Br)cc3)OC2=O)cc1. The summed E-state index contributed by atoms with van der Waals surface area (Å²) in [5, 5.41) is 0. The van der Waals surface area contributed by atoms with Crippen LogP contribution in [0.1, 0.15) is 36.5 Å². The van der Waals surface area contributed by atoms with E-state index in [0.717, 1.165) is 15.6 Å². The third-order valence-electron chi connectivity index (χ3n) is 3.62. The van der Waals surface area contributed by atoms with Crippen LogP contribution in [0.25, 0.3) is 6.08 Å². The van der Waals surface area contributed by atoms with Crippen LogP contribution in [-0.2, 0) is 9.53 Å². The van der Waals surface area contributed by atoms with Crippen molar-refractivity contribution in [1.82, 2.24) is 0 Å². The number of esters is 1. The molecule has 3 rings (SSSR count). The number of nitrogens with zero attached hydrogens (tertiary/aromatic N) is 1. The van der Waals surface area contributed by atoms with Gasteiger partial charge in [-0.1, -0.05) is 54.0 Å². The average molecular weight is 370 g/mol. The van der Waals surface area contributed by atoms with Crippen LogP contribution in [0.5, 0.6) is 0 Å². The molecule has 0 unspecified atom stereocenters. The lowest BCUT2D eigenvalue weighted by Gasteiger charge is -2.04. The quantitative estimate of drug-likeness (QED) is 0.568. The van der Waals surface area contributed by atoms with Crippen molar-refractivity contribution in [3.05, 3.63) is 75.4 Å². The highest BCUT2D eigenvalue weighted by molar-refractivity contribution is 9.10. The summed E-state index contributed by atoms with van der Waals surface area (Å²) in [5.74, 6) is 0.401. The molecule has 0 N–H and O–H groups in total. The Morgan fingerprint density at radius 2 is 1.70 bits per heavy atom. The highest BCUT2D eigenvalue weighted by Crippen LogP contribution is 2.21. The Morgan fingerprint density at radius 1 is 1.04 bits per heavy atom. The number of carbonyl (C=O) groups excluding carboxylic acids is 1. The first-order valence-corrected chi connectivity index (χ1v) is 8.21. The summed E-state index contributed by atoms with van der Waals surface area (Å²) in [6.45, 7) is 4.30. The van der Waals surface area contributed by atoms with Crippen LogP contribution in [0.2, 0.25) is 0 Å². The maximum Gasteiger partial charge on any atom is 0.363 e. The molecular weight excluding hydrogens is 354 g/mol. The van der Waals surface area contributed by atoms with Gasteiger partial charge in [-0.05, 0) is 47.4 Å². The molecule has 0 saturated carbocycles. The fourth-order valence-electron chi connectivity index (χ4n) is 2.26. The van der Waals surface area contributed by atoms with E-state index in [0.29, 0.717) is 17.5 Å². The van der Waals surface area contributed by atoms with E-state index in [4.69, 9.17) is 4.74 Å². The lowest BCUT2D eigenvalue weighted by atomic mass is 10.0. The summed E-state index contributed by atoms with van der Waals surface area (Å²) in [4.78, 5) is 16.3. The summed E-state index contributed by atoms with van der Waals surface area (Å²) in [6, 6.07) is 15.6. The molecule has 0 fully saturated rings. The number of halogens is 1. The molecule has 0 spiro atoms. The van der Waals surface area contributed by atoms with Crippen molar-refractivity contribution >= 4 is 33.9 Å². The predicted molar refractivity (Wildman–Crippen MR) is 95.3 cm³/mol. The number of hydrogen-bond acceptors (Lipinski definition) is 3. The van der Waals surface area contributed by atoms with Crippen LogP contribution in [0.3, 0.4) is 0 Å².